The van der Waals surface area contributed by atoms with Crippen LogP contribution in [0.5, 0.6) is 0 Å². The summed E-state index contributed by atoms with van der Waals surface area (Å²) in [6.07, 6.45) is 4.59. The first-order chi connectivity index (χ1) is 9.86. The first kappa shape index (κ1) is 12.8. The van der Waals surface area contributed by atoms with Gasteiger partial charge in [0.1, 0.15) is 0 Å². The zero-order valence-electron chi connectivity index (χ0n) is 11.2. The molecule has 1 saturated heterocycles. The van der Waals surface area contributed by atoms with E-state index in [0.29, 0.717) is 5.56 Å². The normalized spacial score (nSPS) is 15.1. The maximum absolute atomic E-state index is 12.6. The van der Waals surface area contributed by atoms with Crippen molar-refractivity contribution in [1.82, 2.24) is 15.2 Å². The molecule has 101 valence electrons. The van der Waals surface area contributed by atoms with E-state index in [-0.39, 0.29) is 5.91 Å². The molecule has 2 aromatic rings. The number of aromatic nitrogens is 1. The maximum atomic E-state index is 12.6. The van der Waals surface area contributed by atoms with Crippen molar-refractivity contribution < 1.29 is 4.79 Å². The highest BCUT2D eigenvalue weighted by Gasteiger charge is 2.21. The molecule has 0 unspecified atom stereocenters. The summed E-state index contributed by atoms with van der Waals surface area (Å²) in [6, 6.07) is 11.6. The second-order valence-corrected chi connectivity index (χ2v) is 4.75. The first-order valence-corrected chi connectivity index (χ1v) is 6.78. The van der Waals surface area contributed by atoms with E-state index >= 15 is 0 Å². The molecule has 0 spiro atoms. The van der Waals surface area contributed by atoms with Crippen molar-refractivity contribution in [2.24, 2.45) is 0 Å². The van der Waals surface area contributed by atoms with Gasteiger partial charge in [-0.2, -0.15) is 0 Å². The van der Waals surface area contributed by atoms with Gasteiger partial charge in [-0.15, -0.1) is 0 Å². The summed E-state index contributed by atoms with van der Waals surface area (Å²) in [5.74, 6) is 0.0593. The zero-order valence-corrected chi connectivity index (χ0v) is 11.2. The third-order valence-corrected chi connectivity index (χ3v) is 3.46. The van der Waals surface area contributed by atoms with Crippen LogP contribution in [0.3, 0.4) is 0 Å². The number of benzene rings is 1. The van der Waals surface area contributed by atoms with Gasteiger partial charge in [0.15, 0.2) is 0 Å². The predicted molar refractivity (Wildman–Crippen MR) is 77.3 cm³/mol. The van der Waals surface area contributed by atoms with E-state index in [1.165, 1.54) is 0 Å². The fourth-order valence-corrected chi connectivity index (χ4v) is 2.40. The van der Waals surface area contributed by atoms with Crippen LogP contribution in [0.2, 0.25) is 0 Å². The lowest BCUT2D eigenvalue weighted by atomic mass is 10.0. The fourth-order valence-electron chi connectivity index (χ4n) is 2.40. The Kier molecular flexibility index (Phi) is 3.74. The number of hydrogen-bond donors (Lipinski definition) is 1. The van der Waals surface area contributed by atoms with Crippen molar-refractivity contribution in [2.75, 3.05) is 26.2 Å². The molecule has 4 nitrogen and oxygen atoms in total. The third-order valence-electron chi connectivity index (χ3n) is 3.46. The van der Waals surface area contributed by atoms with Gasteiger partial charge in [0.05, 0.1) is 11.8 Å². The lowest BCUT2D eigenvalue weighted by Gasteiger charge is -2.28. The van der Waals surface area contributed by atoms with Crippen LogP contribution in [0.4, 0.5) is 0 Å². The minimum atomic E-state index is 0.0593. The van der Waals surface area contributed by atoms with Crippen LogP contribution in [0.1, 0.15) is 10.4 Å². The Balaban J connectivity index is 1.95. The van der Waals surface area contributed by atoms with Gasteiger partial charge in [0.2, 0.25) is 0 Å². The van der Waals surface area contributed by atoms with Crippen molar-refractivity contribution in [3.8, 4) is 11.1 Å². The van der Waals surface area contributed by atoms with Gasteiger partial charge in [-0.05, 0) is 11.6 Å². The minimum Gasteiger partial charge on any atom is -0.336 e. The Morgan fingerprint density at radius 1 is 1.15 bits per heavy atom. The number of hydrogen-bond acceptors (Lipinski definition) is 3. The lowest BCUT2D eigenvalue weighted by Crippen LogP contribution is -2.46. The Labute approximate surface area is 118 Å². The summed E-state index contributed by atoms with van der Waals surface area (Å²) in [7, 11) is 0. The van der Waals surface area contributed by atoms with Crippen LogP contribution in [0.15, 0.2) is 42.6 Å². The molecule has 20 heavy (non-hydrogen) atoms. The highest BCUT2D eigenvalue weighted by Crippen LogP contribution is 2.23. The number of carbonyl (C=O) groups excluding carboxylic acids is 1. The van der Waals surface area contributed by atoms with Crippen molar-refractivity contribution in [1.29, 1.82) is 0 Å². The number of pyridine rings is 1. The lowest BCUT2D eigenvalue weighted by molar-refractivity contribution is 0.0736. The molecule has 3 rings (SSSR count). The topological polar surface area (TPSA) is 45.2 Å². The first-order valence-electron chi connectivity index (χ1n) is 6.78. The molecule has 1 radical (unpaired) electrons. The van der Waals surface area contributed by atoms with E-state index in [9.17, 15) is 4.79 Å². The number of amides is 1. The van der Waals surface area contributed by atoms with Gasteiger partial charge in [-0.25, -0.2) is 0 Å². The van der Waals surface area contributed by atoms with Crippen LogP contribution in [0.25, 0.3) is 11.1 Å². The molecule has 1 N–H and O–H groups in total. The number of rotatable bonds is 2. The molecular formula is C16H16N3O. The van der Waals surface area contributed by atoms with E-state index in [1.54, 1.807) is 12.3 Å². The van der Waals surface area contributed by atoms with Gasteiger partial charge in [0.25, 0.3) is 5.91 Å². The number of nitrogens with one attached hydrogen (secondary N) is 1. The average molecular weight is 266 g/mol. The molecule has 1 aliphatic heterocycles. The monoisotopic (exact) mass is 266 g/mol. The van der Waals surface area contributed by atoms with E-state index in [1.807, 2.05) is 35.2 Å². The largest absolute Gasteiger partial charge is 0.336 e. The zero-order chi connectivity index (χ0) is 13.8. The number of carbonyl (C=O) groups is 1. The minimum absolute atomic E-state index is 0.0593. The summed E-state index contributed by atoms with van der Waals surface area (Å²) in [4.78, 5) is 18.6. The predicted octanol–water partition coefficient (Wildman–Crippen LogP) is 1.59. The SMILES string of the molecule is O=C(c1ccn[c]c1-c1ccccc1)N1CCNCC1. The summed E-state index contributed by atoms with van der Waals surface area (Å²) in [5.41, 5.74) is 2.42. The third kappa shape index (κ3) is 2.56. The molecule has 1 aromatic carbocycles. The highest BCUT2D eigenvalue weighted by atomic mass is 16.2. The molecule has 1 amide bonds. The van der Waals surface area contributed by atoms with Gasteiger partial charge in [-0.3, -0.25) is 9.78 Å². The van der Waals surface area contributed by atoms with Crippen LogP contribution in [0, 0.1) is 6.20 Å². The summed E-state index contributed by atoms with van der Waals surface area (Å²) >= 11 is 0. The molecule has 1 fully saturated rings. The molecule has 4 heteroatoms. The number of nitrogens with zero attached hydrogens (tertiary/aromatic N) is 2. The summed E-state index contributed by atoms with van der Waals surface area (Å²) < 4.78 is 0. The van der Waals surface area contributed by atoms with Gasteiger partial charge in [-0.1, -0.05) is 30.3 Å². The molecule has 0 aliphatic carbocycles. The quantitative estimate of drug-likeness (QED) is 0.898. The summed E-state index contributed by atoms with van der Waals surface area (Å²) in [6.45, 7) is 3.19. The van der Waals surface area contributed by atoms with Crippen LogP contribution >= 0.6 is 0 Å². The Bertz CT molecular complexity index is 592. The van der Waals surface area contributed by atoms with Crippen molar-refractivity contribution in [2.45, 2.75) is 0 Å². The molecule has 0 atom stereocenters. The Morgan fingerprint density at radius 2 is 1.90 bits per heavy atom. The van der Waals surface area contributed by atoms with E-state index < -0.39 is 0 Å². The fraction of sp³-hybridized carbons (Fsp3) is 0.250. The Hall–Kier alpha value is -2.20. The molecule has 0 saturated carbocycles. The second-order valence-electron chi connectivity index (χ2n) is 4.75. The van der Waals surface area contributed by atoms with Crippen molar-refractivity contribution >= 4 is 5.91 Å². The van der Waals surface area contributed by atoms with Gasteiger partial charge in [0, 0.05) is 37.9 Å². The van der Waals surface area contributed by atoms with E-state index in [0.717, 1.165) is 37.3 Å². The smallest absolute Gasteiger partial charge is 0.254 e. The van der Waals surface area contributed by atoms with Crippen LogP contribution < -0.4 is 5.32 Å². The molecule has 1 aliphatic rings. The molecular weight excluding hydrogens is 250 g/mol. The number of piperazine rings is 1. The Morgan fingerprint density at radius 3 is 2.65 bits per heavy atom. The highest BCUT2D eigenvalue weighted by molar-refractivity contribution is 6.00. The van der Waals surface area contributed by atoms with Gasteiger partial charge < -0.3 is 10.2 Å². The van der Waals surface area contributed by atoms with Crippen LogP contribution in [-0.4, -0.2) is 42.0 Å². The van der Waals surface area contributed by atoms with Crippen LogP contribution in [-0.2, 0) is 0 Å². The standard InChI is InChI=1S/C16H16N3O/c20-16(19-10-8-17-9-11-19)14-6-7-18-12-15(14)13-4-2-1-3-5-13/h1-7,17H,8-11H2. The van der Waals surface area contributed by atoms with Crippen molar-refractivity contribution in [3.63, 3.8) is 0 Å². The second kappa shape index (κ2) is 5.84. The van der Waals surface area contributed by atoms with E-state index in [4.69, 9.17) is 0 Å². The van der Waals surface area contributed by atoms with E-state index in [2.05, 4.69) is 16.5 Å². The molecule has 1 aromatic heterocycles. The maximum Gasteiger partial charge on any atom is 0.254 e. The average Bonchev–Trinajstić information content (AvgIpc) is 2.56. The molecule has 2 heterocycles. The summed E-state index contributed by atoms with van der Waals surface area (Å²) in [5, 5.41) is 3.25. The van der Waals surface area contributed by atoms with Gasteiger partial charge >= 0.3 is 0 Å². The molecule has 0 bridgehead atoms. The van der Waals surface area contributed by atoms with Crippen molar-refractivity contribution in [3.05, 3.63) is 54.4 Å².